The van der Waals surface area contributed by atoms with Crippen LogP contribution in [0.5, 0.6) is 0 Å². The monoisotopic (exact) mass is 391 g/mol. The zero-order valence-corrected chi connectivity index (χ0v) is 17.6. The summed E-state index contributed by atoms with van der Waals surface area (Å²) in [7, 11) is 0. The Bertz CT molecular complexity index is 817. The van der Waals surface area contributed by atoms with Gasteiger partial charge in [0.05, 0.1) is 0 Å². The molecule has 1 atom stereocenters. The first-order valence-electron chi connectivity index (χ1n) is 11.1. The molecule has 2 aliphatic rings. The van der Waals surface area contributed by atoms with Gasteiger partial charge < -0.3 is 10.2 Å². The van der Waals surface area contributed by atoms with E-state index in [-0.39, 0.29) is 5.91 Å². The summed E-state index contributed by atoms with van der Waals surface area (Å²) in [5, 5.41) is 3.08. The molecule has 2 aliphatic heterocycles. The number of rotatable bonds is 7. The molecule has 1 N–H and O–H groups in total. The predicted molar refractivity (Wildman–Crippen MR) is 119 cm³/mol. The van der Waals surface area contributed by atoms with Gasteiger partial charge in [-0.3, -0.25) is 9.69 Å². The van der Waals surface area contributed by atoms with Crippen molar-refractivity contribution in [1.82, 2.24) is 10.2 Å². The van der Waals surface area contributed by atoms with Crippen molar-refractivity contribution >= 4 is 11.6 Å². The number of anilines is 1. The molecule has 4 nitrogen and oxygen atoms in total. The average Bonchev–Trinajstić information content (AvgIpc) is 3.15. The zero-order chi connectivity index (χ0) is 20.1. The topological polar surface area (TPSA) is 35.6 Å². The second-order valence-electron chi connectivity index (χ2n) is 8.65. The zero-order valence-electron chi connectivity index (χ0n) is 17.6. The molecule has 0 unspecified atom stereocenters. The number of nitrogens with zero attached hydrogens (tertiary/aromatic N) is 2. The number of carbonyl (C=O) groups excluding carboxylic acids is 1. The molecule has 0 saturated carbocycles. The van der Waals surface area contributed by atoms with E-state index >= 15 is 0 Å². The fraction of sp³-hybridized carbons (Fsp3) is 0.480. The first-order chi connectivity index (χ1) is 14.2. The molecule has 1 amide bonds. The van der Waals surface area contributed by atoms with Gasteiger partial charge in [-0.05, 0) is 67.5 Å². The fourth-order valence-electron chi connectivity index (χ4n) is 4.66. The van der Waals surface area contributed by atoms with E-state index in [1.54, 1.807) is 0 Å². The van der Waals surface area contributed by atoms with E-state index < -0.39 is 0 Å². The largest absolute Gasteiger partial charge is 0.371 e. The molecule has 0 aromatic heterocycles. The summed E-state index contributed by atoms with van der Waals surface area (Å²) in [6.45, 7) is 8.49. The molecule has 2 aromatic carbocycles. The van der Waals surface area contributed by atoms with Gasteiger partial charge in [0.25, 0.3) is 5.91 Å². The average molecular weight is 392 g/mol. The molecular formula is C25H33N3O. The van der Waals surface area contributed by atoms with Crippen molar-refractivity contribution in [3.63, 3.8) is 0 Å². The van der Waals surface area contributed by atoms with Crippen LogP contribution in [0.25, 0.3) is 0 Å². The first-order valence-corrected chi connectivity index (χ1v) is 11.1. The van der Waals surface area contributed by atoms with Crippen molar-refractivity contribution in [1.29, 1.82) is 0 Å². The van der Waals surface area contributed by atoms with E-state index in [1.807, 2.05) is 12.1 Å². The highest BCUT2D eigenvalue weighted by Gasteiger charge is 2.18. The minimum atomic E-state index is 0.0324. The number of likely N-dealkylation sites (tertiary alicyclic amines) is 1. The van der Waals surface area contributed by atoms with Crippen molar-refractivity contribution < 1.29 is 4.79 Å². The number of carbonyl (C=O) groups is 1. The third-order valence-electron chi connectivity index (χ3n) is 6.24. The van der Waals surface area contributed by atoms with Gasteiger partial charge in [-0.25, -0.2) is 0 Å². The number of piperidine rings is 1. The van der Waals surface area contributed by atoms with Crippen molar-refractivity contribution in [2.24, 2.45) is 5.92 Å². The third kappa shape index (κ3) is 5.18. The molecule has 4 heteroatoms. The predicted octanol–water partition coefficient (Wildman–Crippen LogP) is 4.10. The van der Waals surface area contributed by atoms with Crippen molar-refractivity contribution in [3.8, 4) is 0 Å². The van der Waals surface area contributed by atoms with Gasteiger partial charge in [-0.15, -0.1) is 0 Å². The Morgan fingerprint density at radius 2 is 1.93 bits per heavy atom. The molecular weight excluding hydrogens is 358 g/mol. The van der Waals surface area contributed by atoms with Crippen LogP contribution in [0.4, 0.5) is 5.69 Å². The van der Waals surface area contributed by atoms with Crippen LogP contribution in [0.3, 0.4) is 0 Å². The lowest BCUT2D eigenvalue weighted by atomic mass is 9.99. The van der Waals surface area contributed by atoms with E-state index in [0.29, 0.717) is 6.54 Å². The summed E-state index contributed by atoms with van der Waals surface area (Å²) < 4.78 is 0. The Kier molecular flexibility index (Phi) is 6.50. The number of nitrogens with one attached hydrogen (secondary N) is 1. The van der Waals surface area contributed by atoms with E-state index in [1.165, 1.54) is 42.7 Å². The summed E-state index contributed by atoms with van der Waals surface area (Å²) in [6, 6.07) is 16.8. The van der Waals surface area contributed by atoms with Crippen LogP contribution < -0.4 is 10.2 Å². The van der Waals surface area contributed by atoms with E-state index in [0.717, 1.165) is 44.0 Å². The molecule has 29 heavy (non-hydrogen) atoms. The molecule has 4 rings (SSSR count). The van der Waals surface area contributed by atoms with Gasteiger partial charge >= 0.3 is 0 Å². The van der Waals surface area contributed by atoms with Crippen LogP contribution in [-0.2, 0) is 13.0 Å². The summed E-state index contributed by atoms with van der Waals surface area (Å²) in [4.78, 5) is 17.4. The van der Waals surface area contributed by atoms with Gasteiger partial charge in [-0.1, -0.05) is 37.3 Å². The maximum absolute atomic E-state index is 12.4. The molecule has 1 saturated heterocycles. The molecule has 154 valence electrons. The number of hydrogen-bond donors (Lipinski definition) is 1. The number of hydrogen-bond acceptors (Lipinski definition) is 3. The van der Waals surface area contributed by atoms with E-state index in [4.69, 9.17) is 0 Å². The number of fused-ring (bicyclic) bond motifs is 1. The molecule has 1 fully saturated rings. The molecule has 0 aliphatic carbocycles. The SMILES string of the molecule is C[C@@H]1CCCN(Cc2ccc(C(=O)NCCCN3CCc4ccccc43)cc2)C1. The molecule has 0 spiro atoms. The maximum Gasteiger partial charge on any atom is 0.251 e. The second-order valence-corrected chi connectivity index (χ2v) is 8.65. The molecule has 0 bridgehead atoms. The van der Waals surface area contributed by atoms with Gasteiger partial charge in [0.1, 0.15) is 0 Å². The standard InChI is InChI=1S/C25H33N3O/c1-20-6-4-15-27(18-20)19-21-9-11-23(12-10-21)25(29)26-14-5-16-28-17-13-22-7-2-3-8-24(22)28/h2-3,7-12,20H,4-6,13-19H2,1H3,(H,26,29)/t20-/m1/s1. The Hall–Kier alpha value is -2.33. The second kappa shape index (κ2) is 9.45. The summed E-state index contributed by atoms with van der Waals surface area (Å²) in [6.07, 6.45) is 4.74. The van der Waals surface area contributed by atoms with E-state index in [9.17, 15) is 4.79 Å². The van der Waals surface area contributed by atoms with Crippen LogP contribution in [0.1, 0.15) is 47.7 Å². The van der Waals surface area contributed by atoms with Crippen LogP contribution in [0.15, 0.2) is 48.5 Å². The van der Waals surface area contributed by atoms with Crippen molar-refractivity contribution in [3.05, 3.63) is 65.2 Å². The number of benzene rings is 2. The highest BCUT2D eigenvalue weighted by atomic mass is 16.1. The lowest BCUT2D eigenvalue weighted by molar-refractivity contribution is 0.0953. The third-order valence-corrected chi connectivity index (χ3v) is 6.24. The van der Waals surface area contributed by atoms with Gasteiger partial charge in [0.15, 0.2) is 0 Å². The summed E-state index contributed by atoms with van der Waals surface area (Å²) in [5.74, 6) is 0.827. The summed E-state index contributed by atoms with van der Waals surface area (Å²) in [5.41, 5.74) is 4.85. The smallest absolute Gasteiger partial charge is 0.251 e. The minimum Gasteiger partial charge on any atom is -0.371 e. The number of amides is 1. The van der Waals surface area contributed by atoms with Crippen molar-refractivity contribution in [2.75, 3.05) is 37.6 Å². The quantitative estimate of drug-likeness (QED) is 0.722. The highest BCUT2D eigenvalue weighted by Crippen LogP contribution is 2.27. The molecule has 2 heterocycles. The van der Waals surface area contributed by atoms with Gasteiger partial charge in [-0.2, -0.15) is 0 Å². The Morgan fingerprint density at radius 1 is 1.10 bits per heavy atom. The van der Waals surface area contributed by atoms with Crippen LogP contribution >= 0.6 is 0 Å². The van der Waals surface area contributed by atoms with Gasteiger partial charge in [0, 0.05) is 44.0 Å². The highest BCUT2D eigenvalue weighted by molar-refractivity contribution is 5.94. The van der Waals surface area contributed by atoms with Crippen LogP contribution in [-0.4, -0.2) is 43.5 Å². The minimum absolute atomic E-state index is 0.0324. The Balaban J connectivity index is 1.20. The van der Waals surface area contributed by atoms with Crippen LogP contribution in [0, 0.1) is 5.92 Å². The van der Waals surface area contributed by atoms with Crippen molar-refractivity contribution in [2.45, 2.75) is 39.2 Å². The fourth-order valence-corrected chi connectivity index (χ4v) is 4.66. The van der Waals surface area contributed by atoms with Crippen LogP contribution in [0.2, 0.25) is 0 Å². The normalized spacial score (nSPS) is 19.2. The first kappa shape index (κ1) is 20.0. The lowest BCUT2D eigenvalue weighted by Gasteiger charge is -2.30. The Morgan fingerprint density at radius 3 is 2.76 bits per heavy atom. The Labute approximate surface area is 174 Å². The molecule has 2 aromatic rings. The number of para-hydroxylation sites is 1. The maximum atomic E-state index is 12.4. The lowest BCUT2D eigenvalue weighted by Crippen LogP contribution is -2.33. The summed E-state index contributed by atoms with van der Waals surface area (Å²) >= 11 is 0. The van der Waals surface area contributed by atoms with Gasteiger partial charge in [0.2, 0.25) is 0 Å². The van der Waals surface area contributed by atoms with E-state index in [2.05, 4.69) is 58.4 Å². The molecule has 0 radical (unpaired) electrons.